The highest BCUT2D eigenvalue weighted by Crippen LogP contribution is 2.19. The molecule has 2 nitrogen and oxygen atoms in total. The Morgan fingerprint density at radius 3 is 2.69 bits per heavy atom. The van der Waals surface area contributed by atoms with Crippen molar-refractivity contribution in [1.82, 2.24) is 0 Å². The molecule has 0 aliphatic rings. The SMILES string of the molecule is CCCCCC(=O)Oc1cc(C)ccc1C. The minimum Gasteiger partial charge on any atom is -0.426 e. The second kappa shape index (κ2) is 6.31. The van der Waals surface area contributed by atoms with Gasteiger partial charge in [-0.05, 0) is 37.5 Å². The van der Waals surface area contributed by atoms with Crippen molar-refractivity contribution in [2.75, 3.05) is 0 Å². The zero-order valence-corrected chi connectivity index (χ0v) is 10.4. The van der Waals surface area contributed by atoms with E-state index in [9.17, 15) is 4.79 Å². The fourth-order valence-corrected chi connectivity index (χ4v) is 1.51. The Morgan fingerprint density at radius 2 is 2.00 bits per heavy atom. The molecule has 0 bridgehead atoms. The minimum absolute atomic E-state index is 0.123. The molecule has 1 aromatic rings. The number of aryl methyl sites for hydroxylation is 2. The number of unbranched alkanes of at least 4 members (excludes halogenated alkanes) is 2. The van der Waals surface area contributed by atoms with Crippen LogP contribution in [0.2, 0.25) is 0 Å². The molecule has 0 unspecified atom stereocenters. The van der Waals surface area contributed by atoms with Gasteiger partial charge in [0.1, 0.15) is 5.75 Å². The van der Waals surface area contributed by atoms with Gasteiger partial charge >= 0.3 is 5.97 Å². The summed E-state index contributed by atoms with van der Waals surface area (Å²) >= 11 is 0. The van der Waals surface area contributed by atoms with E-state index in [-0.39, 0.29) is 5.97 Å². The van der Waals surface area contributed by atoms with Gasteiger partial charge in [-0.25, -0.2) is 0 Å². The summed E-state index contributed by atoms with van der Waals surface area (Å²) < 4.78 is 5.33. The van der Waals surface area contributed by atoms with E-state index < -0.39 is 0 Å². The number of carbonyl (C=O) groups is 1. The van der Waals surface area contributed by atoms with Crippen LogP contribution in [0.3, 0.4) is 0 Å². The summed E-state index contributed by atoms with van der Waals surface area (Å²) in [6, 6.07) is 5.90. The summed E-state index contributed by atoms with van der Waals surface area (Å²) in [6.07, 6.45) is 3.64. The average molecular weight is 220 g/mol. The van der Waals surface area contributed by atoms with Crippen molar-refractivity contribution >= 4 is 5.97 Å². The van der Waals surface area contributed by atoms with Gasteiger partial charge in [0.2, 0.25) is 0 Å². The lowest BCUT2D eigenvalue weighted by molar-refractivity contribution is -0.134. The Labute approximate surface area is 97.6 Å². The molecule has 0 aromatic heterocycles. The summed E-state index contributed by atoms with van der Waals surface area (Å²) in [7, 11) is 0. The largest absolute Gasteiger partial charge is 0.426 e. The number of benzene rings is 1. The second-order valence-corrected chi connectivity index (χ2v) is 4.20. The standard InChI is InChI=1S/C14H20O2/c1-4-5-6-7-14(15)16-13-10-11(2)8-9-12(13)3/h8-10H,4-7H2,1-3H3. The van der Waals surface area contributed by atoms with Gasteiger partial charge in [0.05, 0.1) is 0 Å². The molecule has 0 aliphatic heterocycles. The molecule has 0 heterocycles. The minimum atomic E-state index is -0.123. The van der Waals surface area contributed by atoms with Crippen LogP contribution >= 0.6 is 0 Å². The number of hydrogen-bond donors (Lipinski definition) is 0. The molecule has 0 amide bonds. The molecule has 0 saturated carbocycles. The van der Waals surface area contributed by atoms with Crippen LogP contribution in [-0.4, -0.2) is 5.97 Å². The summed E-state index contributed by atoms with van der Waals surface area (Å²) in [5, 5.41) is 0. The van der Waals surface area contributed by atoms with E-state index in [0.29, 0.717) is 12.2 Å². The summed E-state index contributed by atoms with van der Waals surface area (Å²) in [5.74, 6) is 0.573. The molecule has 16 heavy (non-hydrogen) atoms. The highest BCUT2D eigenvalue weighted by atomic mass is 16.5. The average Bonchev–Trinajstić information content (AvgIpc) is 2.24. The Balaban J connectivity index is 2.52. The summed E-state index contributed by atoms with van der Waals surface area (Å²) in [6.45, 7) is 6.07. The van der Waals surface area contributed by atoms with E-state index in [4.69, 9.17) is 4.74 Å². The second-order valence-electron chi connectivity index (χ2n) is 4.20. The third-order valence-electron chi connectivity index (χ3n) is 2.55. The normalized spacial score (nSPS) is 10.2. The number of hydrogen-bond acceptors (Lipinski definition) is 2. The molecular weight excluding hydrogens is 200 g/mol. The molecule has 1 aromatic carbocycles. The maximum atomic E-state index is 11.5. The maximum absolute atomic E-state index is 11.5. The molecule has 2 heteroatoms. The molecule has 1 rings (SSSR count). The number of rotatable bonds is 5. The smallest absolute Gasteiger partial charge is 0.311 e. The van der Waals surface area contributed by atoms with Crippen LogP contribution in [0, 0.1) is 13.8 Å². The predicted molar refractivity (Wildman–Crippen MR) is 65.7 cm³/mol. The van der Waals surface area contributed by atoms with Crippen LogP contribution in [0.1, 0.15) is 43.7 Å². The predicted octanol–water partition coefficient (Wildman–Crippen LogP) is 3.79. The molecule has 0 radical (unpaired) electrons. The van der Waals surface area contributed by atoms with Crippen molar-refractivity contribution in [3.63, 3.8) is 0 Å². The molecular formula is C14H20O2. The summed E-state index contributed by atoms with van der Waals surface area (Å²) in [5.41, 5.74) is 2.12. The molecule has 0 aliphatic carbocycles. The Hall–Kier alpha value is -1.31. The van der Waals surface area contributed by atoms with Crippen molar-refractivity contribution in [1.29, 1.82) is 0 Å². The first-order valence-electron chi connectivity index (χ1n) is 5.91. The van der Waals surface area contributed by atoms with Gasteiger partial charge in [0.25, 0.3) is 0 Å². The van der Waals surface area contributed by atoms with Crippen molar-refractivity contribution in [3.8, 4) is 5.75 Å². The van der Waals surface area contributed by atoms with Gasteiger partial charge in [-0.1, -0.05) is 31.9 Å². The highest BCUT2D eigenvalue weighted by Gasteiger charge is 2.06. The Bertz CT molecular complexity index is 356. The van der Waals surface area contributed by atoms with Crippen molar-refractivity contribution in [3.05, 3.63) is 29.3 Å². The zero-order valence-electron chi connectivity index (χ0n) is 10.4. The molecule has 88 valence electrons. The van der Waals surface area contributed by atoms with Crippen LogP contribution in [0.5, 0.6) is 5.75 Å². The zero-order chi connectivity index (χ0) is 12.0. The van der Waals surface area contributed by atoms with Crippen LogP contribution in [-0.2, 0) is 4.79 Å². The summed E-state index contributed by atoms with van der Waals surface area (Å²) in [4.78, 5) is 11.5. The Morgan fingerprint density at radius 1 is 1.25 bits per heavy atom. The van der Waals surface area contributed by atoms with Crippen LogP contribution in [0.25, 0.3) is 0 Å². The van der Waals surface area contributed by atoms with Gasteiger partial charge in [0.15, 0.2) is 0 Å². The molecule has 0 fully saturated rings. The topological polar surface area (TPSA) is 26.3 Å². The van der Waals surface area contributed by atoms with Gasteiger partial charge in [-0.15, -0.1) is 0 Å². The third kappa shape index (κ3) is 4.05. The lowest BCUT2D eigenvalue weighted by atomic mass is 10.1. The first kappa shape index (κ1) is 12.8. The number of esters is 1. The molecule has 0 N–H and O–H groups in total. The maximum Gasteiger partial charge on any atom is 0.311 e. The van der Waals surface area contributed by atoms with Gasteiger partial charge in [-0.3, -0.25) is 4.79 Å². The van der Waals surface area contributed by atoms with E-state index >= 15 is 0 Å². The van der Waals surface area contributed by atoms with Crippen molar-refractivity contribution in [2.24, 2.45) is 0 Å². The number of carbonyl (C=O) groups excluding carboxylic acids is 1. The van der Waals surface area contributed by atoms with Gasteiger partial charge < -0.3 is 4.74 Å². The van der Waals surface area contributed by atoms with Crippen molar-refractivity contribution in [2.45, 2.75) is 46.5 Å². The molecule has 0 spiro atoms. The lowest BCUT2D eigenvalue weighted by Crippen LogP contribution is -2.08. The van der Waals surface area contributed by atoms with E-state index in [0.717, 1.165) is 30.4 Å². The first-order chi connectivity index (χ1) is 7.63. The van der Waals surface area contributed by atoms with Crippen LogP contribution in [0.4, 0.5) is 0 Å². The molecule has 0 saturated heterocycles. The highest BCUT2D eigenvalue weighted by molar-refractivity contribution is 5.72. The molecule has 0 atom stereocenters. The monoisotopic (exact) mass is 220 g/mol. The Kier molecular flexibility index (Phi) is 5.03. The van der Waals surface area contributed by atoms with Crippen LogP contribution < -0.4 is 4.74 Å². The number of ether oxygens (including phenoxy) is 1. The van der Waals surface area contributed by atoms with E-state index in [1.165, 1.54) is 0 Å². The first-order valence-corrected chi connectivity index (χ1v) is 5.91. The van der Waals surface area contributed by atoms with E-state index in [2.05, 4.69) is 6.92 Å². The van der Waals surface area contributed by atoms with Crippen LogP contribution in [0.15, 0.2) is 18.2 Å². The quantitative estimate of drug-likeness (QED) is 0.428. The fourth-order valence-electron chi connectivity index (χ4n) is 1.51. The lowest BCUT2D eigenvalue weighted by Gasteiger charge is -2.07. The van der Waals surface area contributed by atoms with E-state index in [1.807, 2.05) is 32.0 Å². The third-order valence-corrected chi connectivity index (χ3v) is 2.55. The fraction of sp³-hybridized carbons (Fsp3) is 0.500. The van der Waals surface area contributed by atoms with Crippen molar-refractivity contribution < 1.29 is 9.53 Å². The van der Waals surface area contributed by atoms with Gasteiger partial charge in [-0.2, -0.15) is 0 Å². The van der Waals surface area contributed by atoms with Gasteiger partial charge in [0, 0.05) is 6.42 Å². The van der Waals surface area contributed by atoms with E-state index in [1.54, 1.807) is 0 Å².